The van der Waals surface area contributed by atoms with Gasteiger partial charge in [-0.1, -0.05) is 6.07 Å². The average Bonchev–Trinajstić information content (AvgIpc) is 3.53. The summed E-state index contributed by atoms with van der Waals surface area (Å²) in [4.78, 5) is 6.75. The van der Waals surface area contributed by atoms with Crippen LogP contribution in [0, 0.1) is 0 Å². The van der Waals surface area contributed by atoms with Crippen molar-refractivity contribution in [2.75, 3.05) is 26.2 Å². The molecule has 1 fully saturated rings. The molecule has 1 saturated heterocycles. The van der Waals surface area contributed by atoms with E-state index in [4.69, 9.17) is 26.4 Å². The molecule has 2 aromatic carbocycles. The van der Waals surface area contributed by atoms with Gasteiger partial charge in [0.25, 0.3) is 0 Å². The molecule has 7 nitrogen and oxygen atoms in total. The van der Waals surface area contributed by atoms with Crippen molar-refractivity contribution >= 4 is 23.0 Å². The Bertz CT molecular complexity index is 1320. The first kappa shape index (κ1) is 22.7. The Hall–Kier alpha value is -4.04. The molecule has 0 bridgehead atoms. The molecule has 2 atom stereocenters. The molecule has 8 heteroatoms. The van der Waals surface area contributed by atoms with E-state index in [1.54, 1.807) is 27.5 Å². The number of ether oxygens (including phenoxy) is 3. The molecule has 0 unspecified atom stereocenters. The Morgan fingerprint density at radius 1 is 0.857 bits per heavy atom. The highest BCUT2D eigenvalue weighted by Gasteiger charge is 2.43. The lowest BCUT2D eigenvalue weighted by Gasteiger charge is -2.30. The van der Waals surface area contributed by atoms with Crippen molar-refractivity contribution in [2.24, 2.45) is 0 Å². The number of nitrogens with one attached hydrogen (secondary N) is 1. The van der Waals surface area contributed by atoms with Crippen molar-refractivity contribution in [1.29, 1.82) is 0 Å². The normalized spacial score (nSPS) is 17.2. The fourth-order valence-corrected chi connectivity index (χ4v) is 4.85. The van der Waals surface area contributed by atoms with Gasteiger partial charge in [0.05, 0.1) is 38.8 Å². The summed E-state index contributed by atoms with van der Waals surface area (Å²) in [6, 6.07) is 23.4. The predicted molar refractivity (Wildman–Crippen MR) is 140 cm³/mol. The summed E-state index contributed by atoms with van der Waals surface area (Å²) in [5.74, 6) is 2.19. The maximum absolute atomic E-state index is 5.89. The van der Waals surface area contributed by atoms with Crippen molar-refractivity contribution in [3.05, 3.63) is 96.6 Å². The van der Waals surface area contributed by atoms with Crippen LogP contribution in [0.4, 0.5) is 5.69 Å². The third-order valence-corrected chi connectivity index (χ3v) is 6.49. The second-order valence-corrected chi connectivity index (χ2v) is 8.42. The van der Waals surface area contributed by atoms with E-state index < -0.39 is 0 Å². The molecule has 1 aliphatic rings. The van der Waals surface area contributed by atoms with Crippen molar-refractivity contribution < 1.29 is 14.2 Å². The number of methoxy groups -OCH3 is 3. The molecule has 178 valence electrons. The van der Waals surface area contributed by atoms with Gasteiger partial charge in [-0.25, -0.2) is 0 Å². The summed E-state index contributed by atoms with van der Waals surface area (Å²) in [7, 11) is 4.95. The first-order valence-electron chi connectivity index (χ1n) is 11.2. The minimum Gasteiger partial charge on any atom is -0.497 e. The number of aromatic nitrogens is 2. The Morgan fingerprint density at radius 2 is 1.63 bits per heavy atom. The lowest BCUT2D eigenvalue weighted by molar-refractivity contribution is 0.394. The highest BCUT2D eigenvalue weighted by molar-refractivity contribution is 7.80. The minimum atomic E-state index is -0.197. The van der Waals surface area contributed by atoms with Gasteiger partial charge >= 0.3 is 0 Å². The molecular weight excluding hydrogens is 460 g/mol. The molecule has 1 aliphatic heterocycles. The number of hydrogen-bond acceptors (Lipinski definition) is 5. The van der Waals surface area contributed by atoms with E-state index in [2.05, 4.69) is 32.0 Å². The summed E-state index contributed by atoms with van der Waals surface area (Å²) in [5, 5.41) is 4.10. The van der Waals surface area contributed by atoms with E-state index in [-0.39, 0.29) is 12.1 Å². The number of benzene rings is 2. The summed E-state index contributed by atoms with van der Waals surface area (Å²) in [5.41, 5.74) is 3.81. The van der Waals surface area contributed by atoms with Crippen LogP contribution in [0.5, 0.6) is 17.2 Å². The Labute approximate surface area is 209 Å². The molecule has 1 N–H and O–H groups in total. The van der Waals surface area contributed by atoms with Gasteiger partial charge in [-0.05, 0) is 72.9 Å². The predicted octanol–water partition coefficient (Wildman–Crippen LogP) is 5.08. The summed E-state index contributed by atoms with van der Waals surface area (Å²) in [6.07, 6.45) is 3.85. The highest BCUT2D eigenvalue weighted by atomic mass is 32.1. The number of rotatable bonds is 7. The smallest absolute Gasteiger partial charge is 0.174 e. The van der Waals surface area contributed by atoms with Crippen LogP contribution >= 0.6 is 12.2 Å². The van der Waals surface area contributed by atoms with Crippen molar-refractivity contribution in [3.8, 4) is 22.9 Å². The number of nitrogens with zero attached hydrogens (tertiary/aromatic N) is 3. The van der Waals surface area contributed by atoms with Gasteiger partial charge in [-0.2, -0.15) is 0 Å². The number of pyridine rings is 1. The topological polar surface area (TPSA) is 60.8 Å². The average molecular weight is 487 g/mol. The van der Waals surface area contributed by atoms with Crippen LogP contribution in [0.3, 0.4) is 0 Å². The largest absolute Gasteiger partial charge is 0.497 e. The van der Waals surface area contributed by atoms with Crippen LogP contribution in [-0.4, -0.2) is 36.0 Å². The summed E-state index contributed by atoms with van der Waals surface area (Å²) < 4.78 is 18.7. The van der Waals surface area contributed by atoms with Crippen LogP contribution in [-0.2, 0) is 0 Å². The molecule has 0 saturated carbocycles. The van der Waals surface area contributed by atoms with E-state index in [1.807, 2.05) is 66.7 Å². The van der Waals surface area contributed by atoms with Gasteiger partial charge in [0.15, 0.2) is 5.11 Å². The van der Waals surface area contributed by atoms with Crippen molar-refractivity contribution in [3.63, 3.8) is 0 Å². The van der Waals surface area contributed by atoms with E-state index >= 15 is 0 Å². The summed E-state index contributed by atoms with van der Waals surface area (Å²) >= 11 is 5.89. The second kappa shape index (κ2) is 9.68. The zero-order chi connectivity index (χ0) is 24.4. The Balaban J connectivity index is 1.66. The molecule has 35 heavy (non-hydrogen) atoms. The van der Waals surface area contributed by atoms with Crippen LogP contribution in [0.25, 0.3) is 5.69 Å². The maximum Gasteiger partial charge on any atom is 0.174 e. The maximum atomic E-state index is 5.89. The van der Waals surface area contributed by atoms with Crippen LogP contribution in [0.2, 0.25) is 0 Å². The van der Waals surface area contributed by atoms with E-state index in [9.17, 15) is 0 Å². The lowest BCUT2D eigenvalue weighted by Crippen LogP contribution is -2.30. The van der Waals surface area contributed by atoms with Crippen LogP contribution < -0.4 is 24.4 Å². The van der Waals surface area contributed by atoms with Crippen LogP contribution in [0.1, 0.15) is 23.5 Å². The number of anilines is 1. The lowest BCUT2D eigenvalue weighted by atomic mass is 10.0. The number of hydrogen-bond donors (Lipinski definition) is 1. The van der Waals surface area contributed by atoms with Gasteiger partial charge in [0, 0.05) is 29.8 Å². The van der Waals surface area contributed by atoms with Gasteiger partial charge in [0.1, 0.15) is 23.3 Å². The SMILES string of the molecule is COc1ccc(-n2cccc2[C@@H]2[C@H](c3ccccn3)NC(=S)N2c2ccc(OC)cc2OC)cc1. The monoisotopic (exact) mass is 486 g/mol. The fraction of sp³-hybridized carbons (Fsp3) is 0.185. The van der Waals surface area contributed by atoms with E-state index in [1.165, 1.54) is 0 Å². The van der Waals surface area contributed by atoms with Gasteiger partial charge < -0.3 is 29.0 Å². The fourth-order valence-electron chi connectivity index (χ4n) is 4.51. The molecule has 0 amide bonds. The second-order valence-electron chi connectivity index (χ2n) is 8.04. The molecule has 0 spiro atoms. The minimum absolute atomic E-state index is 0.178. The van der Waals surface area contributed by atoms with Crippen molar-refractivity contribution in [2.45, 2.75) is 12.1 Å². The zero-order valence-corrected chi connectivity index (χ0v) is 20.5. The first-order valence-corrected chi connectivity index (χ1v) is 11.6. The Morgan fingerprint density at radius 3 is 2.31 bits per heavy atom. The third kappa shape index (κ3) is 4.17. The standard InChI is InChI=1S/C27H26N4O3S/c1-32-19-11-9-18(10-12-19)30-16-6-8-23(30)26-25(21-7-4-5-15-28-21)29-27(35)31(26)22-14-13-20(33-2)17-24(22)34-3/h4-17,25-26H,1-3H3,(H,29,35)/t25-,26+/m0/s1. The van der Waals surface area contributed by atoms with Crippen LogP contribution in [0.15, 0.2) is 85.2 Å². The summed E-state index contributed by atoms with van der Waals surface area (Å²) in [6.45, 7) is 0. The van der Waals surface area contributed by atoms with Gasteiger partial charge in [0.2, 0.25) is 0 Å². The first-order chi connectivity index (χ1) is 17.1. The van der Waals surface area contributed by atoms with E-state index in [0.29, 0.717) is 16.6 Å². The molecule has 5 rings (SSSR count). The van der Waals surface area contributed by atoms with Crippen molar-refractivity contribution in [1.82, 2.24) is 14.9 Å². The molecule has 0 radical (unpaired) electrons. The molecular formula is C27H26N4O3S. The van der Waals surface area contributed by atoms with E-state index in [0.717, 1.165) is 28.5 Å². The molecule has 2 aromatic heterocycles. The zero-order valence-electron chi connectivity index (χ0n) is 19.7. The Kier molecular flexibility index (Phi) is 6.29. The van der Waals surface area contributed by atoms with Gasteiger partial charge in [-0.3, -0.25) is 4.98 Å². The quantitative estimate of drug-likeness (QED) is 0.366. The highest BCUT2D eigenvalue weighted by Crippen LogP contribution is 2.45. The third-order valence-electron chi connectivity index (χ3n) is 6.18. The molecule has 3 heterocycles. The van der Waals surface area contributed by atoms with Gasteiger partial charge in [-0.15, -0.1) is 0 Å². The molecule has 4 aromatic rings. The number of thiocarbonyl (C=S) groups is 1. The molecule has 0 aliphatic carbocycles.